The number of rotatable bonds is 12. The maximum absolute atomic E-state index is 11.6. The molecule has 112 valence electrons. The molecular weight excluding hydrogens is 351 g/mol. The lowest BCUT2D eigenvalue weighted by atomic mass is 10.1. The Morgan fingerprint density at radius 1 is 1.05 bits per heavy atom. The highest BCUT2D eigenvalue weighted by Crippen LogP contribution is 2.37. The predicted octanol–water partition coefficient (Wildman–Crippen LogP) is 5.62. The Bertz CT molecular complexity index is 239. The lowest BCUT2D eigenvalue weighted by molar-refractivity contribution is -0.145. The van der Waals surface area contributed by atoms with E-state index in [2.05, 4.69) is 29.5 Å². The van der Waals surface area contributed by atoms with E-state index < -0.39 is 0 Å². The summed E-state index contributed by atoms with van der Waals surface area (Å²) in [5.74, 6) is 0.655. The predicted molar refractivity (Wildman–Crippen MR) is 88.5 cm³/mol. The van der Waals surface area contributed by atoms with E-state index in [4.69, 9.17) is 4.74 Å². The van der Waals surface area contributed by atoms with Gasteiger partial charge in [-0.05, 0) is 41.9 Å². The highest BCUT2D eigenvalue weighted by Gasteiger charge is 2.31. The van der Waals surface area contributed by atoms with E-state index in [1.54, 1.807) is 0 Å². The van der Waals surface area contributed by atoms with Crippen molar-refractivity contribution < 1.29 is 9.53 Å². The number of alkyl halides is 1. The quantitative estimate of drug-likeness (QED) is 0.190. The second-order valence-corrected chi connectivity index (χ2v) is 6.98. The molecule has 0 N–H and O–H groups in total. The Labute approximate surface area is 132 Å². The van der Waals surface area contributed by atoms with E-state index >= 15 is 0 Å². The highest BCUT2D eigenvalue weighted by molar-refractivity contribution is 14.1. The highest BCUT2D eigenvalue weighted by atomic mass is 127. The van der Waals surface area contributed by atoms with Crippen LogP contribution in [0.2, 0.25) is 0 Å². The topological polar surface area (TPSA) is 26.3 Å². The molecule has 1 atom stereocenters. The van der Waals surface area contributed by atoms with Crippen molar-refractivity contribution >= 4 is 28.6 Å². The Kier molecular flexibility index (Phi) is 9.92. The van der Waals surface area contributed by atoms with Crippen LogP contribution in [0.3, 0.4) is 0 Å². The molecule has 1 rings (SSSR count). The van der Waals surface area contributed by atoms with Crippen LogP contribution in [0.25, 0.3) is 0 Å². The van der Waals surface area contributed by atoms with Crippen LogP contribution in [0.5, 0.6) is 0 Å². The van der Waals surface area contributed by atoms with Gasteiger partial charge < -0.3 is 4.74 Å². The third kappa shape index (κ3) is 9.69. The molecule has 19 heavy (non-hydrogen) atoms. The molecule has 1 aliphatic carbocycles. The van der Waals surface area contributed by atoms with Crippen LogP contribution < -0.4 is 0 Å². The molecule has 1 unspecified atom stereocenters. The summed E-state index contributed by atoms with van der Waals surface area (Å²) in [5.41, 5.74) is 0. The molecule has 1 fully saturated rings. The number of unbranched alkanes of at least 4 members (excludes halogenated alkanes) is 8. The summed E-state index contributed by atoms with van der Waals surface area (Å²) >= 11 is 2.26. The minimum atomic E-state index is 0.00856. The van der Waals surface area contributed by atoms with Crippen molar-refractivity contribution in [3.8, 4) is 0 Å². The molecule has 0 saturated heterocycles. The van der Waals surface area contributed by atoms with Gasteiger partial charge in [-0.25, -0.2) is 0 Å². The molecule has 3 heteroatoms. The van der Waals surface area contributed by atoms with Crippen molar-refractivity contribution in [2.24, 2.45) is 5.92 Å². The molecule has 0 radical (unpaired) electrons. The van der Waals surface area contributed by atoms with E-state index in [1.807, 2.05) is 0 Å². The van der Waals surface area contributed by atoms with E-state index in [1.165, 1.54) is 64.2 Å². The van der Waals surface area contributed by atoms with Crippen LogP contribution in [-0.2, 0) is 9.53 Å². The first-order chi connectivity index (χ1) is 9.24. The van der Waals surface area contributed by atoms with E-state index in [0.29, 0.717) is 12.3 Å². The van der Waals surface area contributed by atoms with Gasteiger partial charge >= 0.3 is 5.97 Å². The van der Waals surface area contributed by atoms with Gasteiger partial charge in [-0.2, -0.15) is 0 Å². The average molecular weight is 380 g/mol. The lowest BCUT2D eigenvalue weighted by Crippen LogP contribution is -2.13. The lowest BCUT2D eigenvalue weighted by Gasteiger charge is -2.10. The van der Waals surface area contributed by atoms with Crippen LogP contribution in [0, 0.1) is 5.92 Å². The molecule has 0 aromatic heterocycles. The van der Waals surface area contributed by atoms with E-state index in [0.717, 1.165) is 6.42 Å². The molecule has 0 heterocycles. The molecule has 0 aromatic rings. The molecular formula is C16H29IO2. The zero-order valence-electron chi connectivity index (χ0n) is 12.3. The summed E-state index contributed by atoms with van der Waals surface area (Å²) in [6.07, 6.45) is 14.7. The third-order valence-electron chi connectivity index (χ3n) is 3.72. The average Bonchev–Trinajstić information content (AvgIpc) is 3.21. The molecule has 1 saturated carbocycles. The minimum absolute atomic E-state index is 0.00856. The summed E-state index contributed by atoms with van der Waals surface area (Å²) in [4.78, 5) is 11.6. The molecule has 1 aliphatic rings. The van der Waals surface area contributed by atoms with Gasteiger partial charge in [0.25, 0.3) is 0 Å². The molecule has 0 amide bonds. The number of hydrogen-bond donors (Lipinski definition) is 0. The molecule has 2 nitrogen and oxygen atoms in total. The van der Waals surface area contributed by atoms with Crippen molar-refractivity contribution in [2.45, 2.75) is 88.1 Å². The zero-order valence-corrected chi connectivity index (χ0v) is 14.5. The fourth-order valence-corrected chi connectivity index (χ4v) is 3.22. The van der Waals surface area contributed by atoms with Crippen molar-refractivity contribution in [3.05, 3.63) is 0 Å². The standard InChI is InChI=1S/C16H29IO2/c1-2-3-4-5-6-7-8-9-10-11-15(18)19-16(17)14-12-13-14/h14,16H,2-13H2,1H3. The van der Waals surface area contributed by atoms with Crippen LogP contribution in [-0.4, -0.2) is 10.1 Å². The maximum atomic E-state index is 11.6. The van der Waals surface area contributed by atoms with Crippen LogP contribution in [0.15, 0.2) is 0 Å². The fourth-order valence-electron chi connectivity index (χ4n) is 2.22. The Morgan fingerprint density at radius 2 is 1.58 bits per heavy atom. The first kappa shape index (κ1) is 17.3. The van der Waals surface area contributed by atoms with Gasteiger partial charge in [-0.15, -0.1) is 0 Å². The van der Waals surface area contributed by atoms with Crippen molar-refractivity contribution in [2.75, 3.05) is 0 Å². The van der Waals surface area contributed by atoms with E-state index in [-0.39, 0.29) is 10.1 Å². The largest absolute Gasteiger partial charge is 0.451 e. The fraction of sp³-hybridized carbons (Fsp3) is 0.938. The number of halogens is 1. The number of hydrogen-bond acceptors (Lipinski definition) is 2. The van der Waals surface area contributed by atoms with Crippen LogP contribution >= 0.6 is 22.6 Å². The molecule has 0 aromatic carbocycles. The van der Waals surface area contributed by atoms with Gasteiger partial charge in [0.15, 0.2) is 4.11 Å². The monoisotopic (exact) mass is 380 g/mol. The third-order valence-corrected chi connectivity index (χ3v) is 4.99. The summed E-state index contributed by atoms with van der Waals surface area (Å²) in [6.45, 7) is 2.25. The molecule has 0 bridgehead atoms. The second-order valence-electron chi connectivity index (χ2n) is 5.76. The first-order valence-electron chi connectivity index (χ1n) is 8.07. The number of carbonyl (C=O) groups excluding carboxylic acids is 1. The zero-order chi connectivity index (χ0) is 13.9. The normalized spacial score (nSPS) is 16.3. The van der Waals surface area contributed by atoms with Crippen LogP contribution in [0.1, 0.15) is 84.0 Å². The Hall–Kier alpha value is 0.200. The van der Waals surface area contributed by atoms with E-state index in [9.17, 15) is 4.79 Å². The number of carbonyl (C=O) groups is 1. The second kappa shape index (κ2) is 10.9. The van der Waals surface area contributed by atoms with Gasteiger partial charge in [0.05, 0.1) is 0 Å². The number of ether oxygens (including phenoxy) is 1. The van der Waals surface area contributed by atoms with Gasteiger partial charge in [0.1, 0.15) is 0 Å². The smallest absolute Gasteiger partial charge is 0.306 e. The first-order valence-corrected chi connectivity index (χ1v) is 9.32. The van der Waals surface area contributed by atoms with Crippen molar-refractivity contribution in [1.29, 1.82) is 0 Å². The SMILES string of the molecule is CCCCCCCCCCCC(=O)OC(I)C1CC1. The van der Waals surface area contributed by atoms with Crippen LogP contribution in [0.4, 0.5) is 0 Å². The summed E-state index contributed by atoms with van der Waals surface area (Å²) in [5, 5.41) is 0. The molecule has 0 aliphatic heterocycles. The number of esters is 1. The van der Waals surface area contributed by atoms with Crippen molar-refractivity contribution in [3.63, 3.8) is 0 Å². The Morgan fingerprint density at radius 3 is 2.11 bits per heavy atom. The van der Waals surface area contributed by atoms with Gasteiger partial charge in [0, 0.05) is 12.3 Å². The van der Waals surface area contributed by atoms with Crippen molar-refractivity contribution in [1.82, 2.24) is 0 Å². The summed E-state index contributed by atoms with van der Waals surface area (Å²) in [7, 11) is 0. The van der Waals surface area contributed by atoms with Gasteiger partial charge in [-0.1, -0.05) is 58.3 Å². The molecule has 0 spiro atoms. The van der Waals surface area contributed by atoms with Gasteiger partial charge in [0.2, 0.25) is 0 Å². The maximum Gasteiger partial charge on any atom is 0.306 e. The summed E-state index contributed by atoms with van der Waals surface area (Å²) < 4.78 is 5.52. The Balaban J connectivity index is 1.80. The van der Waals surface area contributed by atoms with Gasteiger partial charge in [-0.3, -0.25) is 4.79 Å². The minimum Gasteiger partial charge on any atom is -0.451 e. The summed E-state index contributed by atoms with van der Waals surface area (Å²) in [6, 6.07) is 0.